The monoisotopic (exact) mass is 359 g/mol. The summed E-state index contributed by atoms with van der Waals surface area (Å²) in [6.07, 6.45) is 0. The van der Waals surface area contributed by atoms with Crippen molar-refractivity contribution in [1.29, 1.82) is 0 Å². The third-order valence-electron chi connectivity index (χ3n) is 4.24. The number of anilines is 1. The number of amides is 1. The number of hydrogen-bond donors (Lipinski definition) is 0. The Labute approximate surface area is 150 Å². The van der Waals surface area contributed by atoms with Gasteiger partial charge >= 0.3 is 5.97 Å². The van der Waals surface area contributed by atoms with Gasteiger partial charge in [-0.25, -0.2) is 9.18 Å². The molecule has 0 aromatic heterocycles. The lowest BCUT2D eigenvalue weighted by Gasteiger charge is -2.27. The Bertz CT molecular complexity index is 853. The molecular formula is C19H18FNO3S. The molecule has 3 rings (SSSR count). The van der Waals surface area contributed by atoms with E-state index in [9.17, 15) is 14.0 Å². The first-order chi connectivity index (χ1) is 11.9. The van der Waals surface area contributed by atoms with Crippen LogP contribution in [0.4, 0.5) is 10.1 Å². The van der Waals surface area contributed by atoms with E-state index in [1.807, 2.05) is 13.8 Å². The fourth-order valence-electron chi connectivity index (χ4n) is 3.00. The molecule has 0 saturated carbocycles. The number of benzene rings is 2. The highest BCUT2D eigenvalue weighted by molar-refractivity contribution is 8.00. The number of ether oxygens (including phenoxy) is 1. The van der Waals surface area contributed by atoms with Crippen LogP contribution < -0.4 is 4.90 Å². The molecule has 1 fully saturated rings. The van der Waals surface area contributed by atoms with Crippen molar-refractivity contribution in [3.05, 3.63) is 64.5 Å². The molecule has 0 aliphatic carbocycles. The van der Waals surface area contributed by atoms with Crippen molar-refractivity contribution in [2.75, 3.05) is 17.8 Å². The molecule has 4 nitrogen and oxygen atoms in total. The van der Waals surface area contributed by atoms with Crippen LogP contribution in [-0.4, -0.2) is 24.7 Å². The van der Waals surface area contributed by atoms with Crippen LogP contribution in [0.1, 0.15) is 32.4 Å². The van der Waals surface area contributed by atoms with E-state index in [1.54, 1.807) is 29.2 Å². The third-order valence-corrected chi connectivity index (χ3v) is 5.44. The molecule has 1 saturated heterocycles. The molecule has 2 aromatic carbocycles. The van der Waals surface area contributed by atoms with Crippen molar-refractivity contribution >= 4 is 29.3 Å². The summed E-state index contributed by atoms with van der Waals surface area (Å²) in [5, 5.41) is -0.212. The van der Waals surface area contributed by atoms with E-state index in [4.69, 9.17) is 4.74 Å². The van der Waals surface area contributed by atoms with Gasteiger partial charge in [0.05, 0.1) is 18.4 Å². The summed E-state index contributed by atoms with van der Waals surface area (Å²) < 4.78 is 18.2. The van der Waals surface area contributed by atoms with Gasteiger partial charge in [-0.15, -0.1) is 11.8 Å². The summed E-state index contributed by atoms with van der Waals surface area (Å²) in [6.45, 7) is 3.69. The van der Waals surface area contributed by atoms with Gasteiger partial charge in [0.2, 0.25) is 5.91 Å². The summed E-state index contributed by atoms with van der Waals surface area (Å²) in [5.41, 5.74) is 3.71. The Morgan fingerprint density at radius 2 is 1.96 bits per heavy atom. The number of esters is 1. The topological polar surface area (TPSA) is 46.6 Å². The maximum Gasteiger partial charge on any atom is 0.337 e. The van der Waals surface area contributed by atoms with Crippen LogP contribution in [0.5, 0.6) is 0 Å². The Balaban J connectivity index is 2.01. The number of nitrogens with zero attached hydrogens (tertiary/aromatic N) is 1. The molecule has 6 heteroatoms. The van der Waals surface area contributed by atoms with E-state index >= 15 is 0 Å². The predicted octanol–water partition coefficient (Wildman–Crippen LogP) is 4.01. The van der Waals surface area contributed by atoms with Crippen molar-refractivity contribution in [3.8, 4) is 0 Å². The number of aryl methyl sites for hydroxylation is 2. The van der Waals surface area contributed by atoms with Gasteiger partial charge < -0.3 is 4.74 Å². The summed E-state index contributed by atoms with van der Waals surface area (Å²) in [7, 11) is 1.33. The molecule has 0 spiro atoms. The first kappa shape index (κ1) is 17.5. The van der Waals surface area contributed by atoms with Gasteiger partial charge in [-0.3, -0.25) is 9.69 Å². The maximum atomic E-state index is 13.4. The third kappa shape index (κ3) is 3.26. The van der Waals surface area contributed by atoms with Crippen LogP contribution in [0, 0.1) is 19.7 Å². The molecule has 0 bridgehead atoms. The Kier molecular flexibility index (Phi) is 4.81. The van der Waals surface area contributed by atoms with E-state index in [1.165, 1.54) is 31.0 Å². The molecule has 1 amide bonds. The summed E-state index contributed by atoms with van der Waals surface area (Å²) in [4.78, 5) is 25.9. The fourth-order valence-corrected chi connectivity index (χ4v) is 4.27. The van der Waals surface area contributed by atoms with Crippen molar-refractivity contribution < 1.29 is 18.7 Å². The zero-order valence-corrected chi connectivity index (χ0v) is 15.0. The average molecular weight is 359 g/mol. The lowest BCUT2D eigenvalue weighted by atomic mass is 10.1. The van der Waals surface area contributed by atoms with Gasteiger partial charge in [-0.1, -0.05) is 6.07 Å². The quantitative estimate of drug-likeness (QED) is 0.777. The van der Waals surface area contributed by atoms with Crippen LogP contribution in [0.3, 0.4) is 0 Å². The second-order valence-corrected chi connectivity index (χ2v) is 6.99. The number of rotatable bonds is 3. The van der Waals surface area contributed by atoms with Gasteiger partial charge in [0.25, 0.3) is 0 Å². The smallest absolute Gasteiger partial charge is 0.337 e. The van der Waals surface area contributed by atoms with E-state index in [0.29, 0.717) is 11.3 Å². The summed E-state index contributed by atoms with van der Waals surface area (Å²) >= 11 is 1.51. The number of carbonyl (C=O) groups excluding carboxylic acids is 2. The maximum absolute atomic E-state index is 13.4. The zero-order chi connectivity index (χ0) is 18.1. The second-order valence-electron chi connectivity index (χ2n) is 5.92. The molecule has 130 valence electrons. The number of carbonyl (C=O) groups is 2. The van der Waals surface area contributed by atoms with Crippen LogP contribution in [0.15, 0.2) is 36.4 Å². The Morgan fingerprint density at radius 1 is 1.20 bits per heavy atom. The van der Waals surface area contributed by atoms with Crippen molar-refractivity contribution in [2.24, 2.45) is 0 Å². The molecule has 1 unspecified atom stereocenters. The van der Waals surface area contributed by atoms with Gasteiger partial charge in [-0.05, 0) is 60.9 Å². The molecule has 25 heavy (non-hydrogen) atoms. The Morgan fingerprint density at radius 3 is 2.60 bits per heavy atom. The fraction of sp³-hybridized carbons (Fsp3) is 0.263. The lowest BCUT2D eigenvalue weighted by Crippen LogP contribution is -2.29. The molecule has 1 aliphatic rings. The van der Waals surface area contributed by atoms with Gasteiger partial charge in [0.15, 0.2) is 0 Å². The first-order valence-corrected chi connectivity index (χ1v) is 8.86. The molecule has 0 N–H and O–H groups in total. The molecule has 1 aliphatic heterocycles. The van der Waals surface area contributed by atoms with Crippen molar-refractivity contribution in [1.82, 2.24) is 0 Å². The highest BCUT2D eigenvalue weighted by Gasteiger charge is 2.35. The average Bonchev–Trinajstić information content (AvgIpc) is 2.95. The minimum Gasteiger partial charge on any atom is -0.465 e. The van der Waals surface area contributed by atoms with E-state index in [0.717, 1.165) is 22.4 Å². The second kappa shape index (κ2) is 6.88. The van der Waals surface area contributed by atoms with Crippen LogP contribution in [0.2, 0.25) is 0 Å². The van der Waals surface area contributed by atoms with Crippen LogP contribution in [-0.2, 0) is 9.53 Å². The molecule has 0 radical (unpaired) electrons. The largest absolute Gasteiger partial charge is 0.465 e. The SMILES string of the molecule is COC(=O)c1ccc(N2C(=O)CSC2c2ccc(F)cc2C)c(C)c1. The van der Waals surface area contributed by atoms with E-state index in [-0.39, 0.29) is 17.1 Å². The highest BCUT2D eigenvalue weighted by Crippen LogP contribution is 2.43. The number of hydrogen-bond acceptors (Lipinski definition) is 4. The van der Waals surface area contributed by atoms with Crippen LogP contribution >= 0.6 is 11.8 Å². The van der Waals surface area contributed by atoms with E-state index in [2.05, 4.69) is 0 Å². The van der Waals surface area contributed by atoms with Crippen molar-refractivity contribution in [3.63, 3.8) is 0 Å². The minimum atomic E-state index is -0.414. The van der Waals surface area contributed by atoms with E-state index < -0.39 is 5.97 Å². The molecule has 1 atom stereocenters. The van der Waals surface area contributed by atoms with Crippen LogP contribution in [0.25, 0.3) is 0 Å². The molecular weight excluding hydrogens is 341 g/mol. The minimum absolute atomic E-state index is 0.00681. The predicted molar refractivity (Wildman–Crippen MR) is 96.3 cm³/mol. The lowest BCUT2D eigenvalue weighted by molar-refractivity contribution is -0.115. The number of thioether (sulfide) groups is 1. The standard InChI is InChI=1S/C19H18FNO3S/c1-11-9-14(20)5-6-15(11)18-21(17(22)10-25-18)16-7-4-13(8-12(16)2)19(23)24-3/h4-9,18H,10H2,1-3H3. The molecule has 1 heterocycles. The molecule has 2 aromatic rings. The highest BCUT2D eigenvalue weighted by atomic mass is 32.2. The van der Waals surface area contributed by atoms with Gasteiger partial charge in [-0.2, -0.15) is 0 Å². The Hall–Kier alpha value is -2.34. The number of halogens is 1. The summed E-state index contributed by atoms with van der Waals surface area (Å²) in [5.74, 6) is -0.351. The number of methoxy groups -OCH3 is 1. The summed E-state index contributed by atoms with van der Waals surface area (Å²) in [6, 6.07) is 9.75. The van der Waals surface area contributed by atoms with Gasteiger partial charge in [0, 0.05) is 5.69 Å². The first-order valence-electron chi connectivity index (χ1n) is 7.81. The normalized spacial score (nSPS) is 17.0. The van der Waals surface area contributed by atoms with Gasteiger partial charge in [0.1, 0.15) is 11.2 Å². The van der Waals surface area contributed by atoms with Crippen molar-refractivity contribution in [2.45, 2.75) is 19.2 Å². The zero-order valence-electron chi connectivity index (χ0n) is 14.2.